The quantitative estimate of drug-likeness (QED) is 0.358. The van der Waals surface area contributed by atoms with Gasteiger partial charge in [0.2, 0.25) is 0 Å². The van der Waals surface area contributed by atoms with E-state index in [9.17, 15) is 20.3 Å². The number of nitrogens with zero attached hydrogens (tertiary/aromatic N) is 1. The Morgan fingerprint density at radius 3 is 2.52 bits per heavy atom. The molecule has 1 atom stereocenters. The second-order valence-electron chi connectivity index (χ2n) is 5.51. The molecule has 0 bridgehead atoms. The Bertz CT molecular complexity index is 806. The Morgan fingerprint density at radius 2 is 1.92 bits per heavy atom. The van der Waals surface area contributed by atoms with Crippen LogP contribution in [0.25, 0.3) is 6.08 Å². The van der Waals surface area contributed by atoms with Crippen LogP contribution in [0.4, 0.5) is 0 Å². The highest BCUT2D eigenvalue weighted by Crippen LogP contribution is 2.27. The molecule has 5 nitrogen and oxygen atoms in total. The first-order chi connectivity index (χ1) is 12.0. The second kappa shape index (κ2) is 8.55. The summed E-state index contributed by atoms with van der Waals surface area (Å²) in [5.41, 5.74) is 1.11. The van der Waals surface area contributed by atoms with Crippen LogP contribution in [0.3, 0.4) is 0 Å². The maximum absolute atomic E-state index is 12.4. The molecule has 0 aliphatic heterocycles. The van der Waals surface area contributed by atoms with Gasteiger partial charge in [0.1, 0.15) is 17.7 Å². The van der Waals surface area contributed by atoms with Crippen molar-refractivity contribution < 1.29 is 19.7 Å². The van der Waals surface area contributed by atoms with Gasteiger partial charge in [0.15, 0.2) is 11.5 Å². The van der Waals surface area contributed by atoms with Gasteiger partial charge in [0.05, 0.1) is 0 Å². The van der Waals surface area contributed by atoms with Gasteiger partial charge in [0.25, 0.3) is 0 Å². The molecule has 0 aliphatic carbocycles. The molecule has 5 heteroatoms. The molecule has 0 fully saturated rings. The van der Waals surface area contributed by atoms with E-state index in [0.717, 1.165) is 12.0 Å². The third-order valence-corrected chi connectivity index (χ3v) is 3.62. The molecule has 0 heterocycles. The number of rotatable bonds is 6. The molecule has 0 amide bonds. The van der Waals surface area contributed by atoms with Crippen molar-refractivity contribution in [2.75, 3.05) is 0 Å². The Morgan fingerprint density at radius 1 is 1.20 bits per heavy atom. The molecule has 2 aromatic rings. The van der Waals surface area contributed by atoms with Crippen molar-refractivity contribution in [1.82, 2.24) is 0 Å². The van der Waals surface area contributed by atoms with Crippen LogP contribution in [0.2, 0.25) is 0 Å². The molecule has 0 saturated heterocycles. The van der Waals surface area contributed by atoms with Crippen molar-refractivity contribution in [2.24, 2.45) is 0 Å². The van der Waals surface area contributed by atoms with Gasteiger partial charge in [-0.25, -0.2) is 4.79 Å². The lowest BCUT2D eigenvalue weighted by atomic mass is 10.0. The Balaban J connectivity index is 2.22. The Kier molecular flexibility index (Phi) is 6.19. The highest BCUT2D eigenvalue weighted by molar-refractivity contribution is 5.98. The van der Waals surface area contributed by atoms with Crippen LogP contribution >= 0.6 is 0 Å². The van der Waals surface area contributed by atoms with Crippen LogP contribution in [-0.4, -0.2) is 16.2 Å². The number of phenols is 2. The minimum atomic E-state index is -0.725. The number of carbonyl (C=O) groups excluding carboxylic acids is 1. The molecule has 128 valence electrons. The molecular weight excluding hydrogens is 318 g/mol. The smallest absolute Gasteiger partial charge is 0.349 e. The van der Waals surface area contributed by atoms with E-state index >= 15 is 0 Å². The molecular formula is C20H19NO4. The lowest BCUT2D eigenvalue weighted by Gasteiger charge is -2.17. The van der Waals surface area contributed by atoms with Gasteiger partial charge in [0, 0.05) is 0 Å². The maximum atomic E-state index is 12.4. The number of aromatic hydroxyl groups is 2. The number of benzene rings is 2. The fourth-order valence-corrected chi connectivity index (χ4v) is 2.35. The number of phenolic OH excluding ortho intramolecular Hbond substituents is 2. The van der Waals surface area contributed by atoms with Crippen LogP contribution < -0.4 is 0 Å². The first-order valence-corrected chi connectivity index (χ1v) is 7.94. The van der Waals surface area contributed by atoms with Crippen molar-refractivity contribution in [3.8, 4) is 17.6 Å². The normalized spacial score (nSPS) is 12.2. The highest BCUT2D eigenvalue weighted by Gasteiger charge is 2.19. The van der Waals surface area contributed by atoms with Crippen molar-refractivity contribution in [1.29, 1.82) is 5.26 Å². The Labute approximate surface area is 146 Å². The minimum Gasteiger partial charge on any atom is -0.504 e. The summed E-state index contributed by atoms with van der Waals surface area (Å²) in [6.45, 7) is 1.99. The van der Waals surface area contributed by atoms with E-state index in [1.54, 1.807) is 0 Å². The van der Waals surface area contributed by atoms with Crippen LogP contribution in [0.15, 0.2) is 54.1 Å². The first-order valence-electron chi connectivity index (χ1n) is 7.94. The largest absolute Gasteiger partial charge is 0.504 e. The summed E-state index contributed by atoms with van der Waals surface area (Å²) >= 11 is 0. The number of carbonyl (C=O) groups is 1. The number of esters is 1. The lowest BCUT2D eigenvalue weighted by molar-refractivity contribution is -0.144. The standard InChI is InChI=1S/C20H19NO4/c1-2-6-19(15-7-4-3-5-8-15)25-20(24)16(13-21)11-14-9-10-17(22)18(23)12-14/h3-5,7-12,19,22-23H,2,6H2,1H3/t19-/m1/s1. The van der Waals surface area contributed by atoms with Crippen molar-refractivity contribution in [2.45, 2.75) is 25.9 Å². The molecule has 25 heavy (non-hydrogen) atoms. The van der Waals surface area contributed by atoms with Crippen LogP contribution in [-0.2, 0) is 9.53 Å². The zero-order chi connectivity index (χ0) is 18.2. The van der Waals surface area contributed by atoms with E-state index in [4.69, 9.17) is 4.74 Å². The SMILES string of the molecule is CCC[C@@H](OC(=O)C(C#N)=Cc1ccc(O)c(O)c1)c1ccccc1. The van der Waals surface area contributed by atoms with Crippen molar-refractivity contribution in [3.05, 3.63) is 65.2 Å². The van der Waals surface area contributed by atoms with Gasteiger partial charge >= 0.3 is 5.97 Å². The van der Waals surface area contributed by atoms with Crippen LogP contribution in [0.5, 0.6) is 11.5 Å². The Hall–Kier alpha value is -3.26. The summed E-state index contributed by atoms with van der Waals surface area (Å²) in [4.78, 5) is 12.4. The first kappa shape index (κ1) is 18.1. The number of ether oxygens (including phenoxy) is 1. The monoisotopic (exact) mass is 337 g/mol. The summed E-state index contributed by atoms with van der Waals surface area (Å²) in [6, 6.07) is 15.2. The zero-order valence-corrected chi connectivity index (χ0v) is 13.8. The fourth-order valence-electron chi connectivity index (χ4n) is 2.35. The van der Waals surface area contributed by atoms with E-state index in [1.165, 1.54) is 24.3 Å². The second-order valence-corrected chi connectivity index (χ2v) is 5.51. The molecule has 2 N–H and O–H groups in total. The molecule has 0 radical (unpaired) electrons. The predicted octanol–water partition coefficient (Wildman–Crippen LogP) is 4.09. The number of hydrogen-bond donors (Lipinski definition) is 2. The summed E-state index contributed by atoms with van der Waals surface area (Å²) in [6.07, 6.45) is 2.36. The van der Waals surface area contributed by atoms with E-state index in [-0.39, 0.29) is 17.1 Å². The fraction of sp³-hybridized carbons (Fsp3) is 0.200. The van der Waals surface area contributed by atoms with Crippen molar-refractivity contribution >= 4 is 12.0 Å². The average molecular weight is 337 g/mol. The summed E-state index contributed by atoms with van der Waals surface area (Å²) in [5, 5.41) is 28.1. The molecule has 0 aliphatic rings. The third-order valence-electron chi connectivity index (χ3n) is 3.62. The van der Waals surface area contributed by atoms with E-state index in [2.05, 4.69) is 0 Å². The van der Waals surface area contributed by atoms with Crippen molar-refractivity contribution in [3.63, 3.8) is 0 Å². The van der Waals surface area contributed by atoms with Gasteiger partial charge in [-0.3, -0.25) is 0 Å². The average Bonchev–Trinajstić information content (AvgIpc) is 2.62. The molecule has 0 saturated carbocycles. The number of hydrogen-bond acceptors (Lipinski definition) is 5. The van der Waals surface area contributed by atoms with Gasteiger partial charge < -0.3 is 14.9 Å². The molecule has 0 unspecified atom stereocenters. The molecule has 2 aromatic carbocycles. The van der Waals surface area contributed by atoms with Gasteiger partial charge in [-0.1, -0.05) is 49.7 Å². The third kappa shape index (κ3) is 4.85. The van der Waals surface area contributed by atoms with Crippen LogP contribution in [0.1, 0.15) is 37.0 Å². The van der Waals surface area contributed by atoms with E-state index in [0.29, 0.717) is 12.0 Å². The van der Waals surface area contributed by atoms with Gasteiger partial charge in [-0.15, -0.1) is 0 Å². The molecule has 0 spiro atoms. The lowest BCUT2D eigenvalue weighted by Crippen LogP contribution is -2.13. The predicted molar refractivity (Wildman–Crippen MR) is 93.5 cm³/mol. The summed E-state index contributed by atoms with van der Waals surface area (Å²) in [5.74, 6) is -1.32. The molecule has 2 rings (SSSR count). The number of nitriles is 1. The van der Waals surface area contributed by atoms with Crippen LogP contribution in [0, 0.1) is 11.3 Å². The van der Waals surface area contributed by atoms with Gasteiger partial charge in [-0.2, -0.15) is 5.26 Å². The van der Waals surface area contributed by atoms with Gasteiger partial charge in [-0.05, 0) is 35.8 Å². The summed E-state index contributed by atoms with van der Waals surface area (Å²) < 4.78 is 5.51. The van der Waals surface area contributed by atoms with E-state index in [1.807, 2.05) is 43.3 Å². The molecule has 0 aromatic heterocycles. The minimum absolute atomic E-state index is 0.179. The maximum Gasteiger partial charge on any atom is 0.349 e. The highest BCUT2D eigenvalue weighted by atomic mass is 16.5. The van der Waals surface area contributed by atoms with E-state index < -0.39 is 12.1 Å². The summed E-state index contributed by atoms with van der Waals surface area (Å²) in [7, 11) is 0. The topological polar surface area (TPSA) is 90.6 Å². The zero-order valence-electron chi connectivity index (χ0n) is 13.8.